The Kier molecular flexibility index (Phi) is 4.41. The SMILES string of the molecule is COc1cc(C#N)ccc1Oc1ccc(F)cc1[C@H](C)O. The van der Waals surface area contributed by atoms with Gasteiger partial charge in [0.25, 0.3) is 0 Å². The lowest BCUT2D eigenvalue weighted by Gasteiger charge is -2.15. The normalized spacial score (nSPS) is 11.6. The molecule has 2 rings (SSSR count). The maximum atomic E-state index is 13.3. The van der Waals surface area contributed by atoms with Crippen LogP contribution in [0.4, 0.5) is 4.39 Å². The van der Waals surface area contributed by atoms with Crippen molar-refractivity contribution in [3.05, 3.63) is 53.3 Å². The average Bonchev–Trinajstić information content (AvgIpc) is 2.49. The van der Waals surface area contributed by atoms with Crippen molar-refractivity contribution in [3.8, 4) is 23.3 Å². The summed E-state index contributed by atoms with van der Waals surface area (Å²) < 4.78 is 24.1. The molecule has 1 N–H and O–H groups in total. The molecule has 2 aromatic rings. The molecule has 0 fully saturated rings. The van der Waals surface area contributed by atoms with Gasteiger partial charge >= 0.3 is 0 Å². The van der Waals surface area contributed by atoms with Crippen LogP contribution in [0.3, 0.4) is 0 Å². The zero-order valence-corrected chi connectivity index (χ0v) is 11.6. The van der Waals surface area contributed by atoms with Crippen LogP contribution in [-0.4, -0.2) is 12.2 Å². The standard InChI is InChI=1S/C16H14FNO3/c1-10(19)13-8-12(17)4-6-14(13)21-15-5-3-11(9-18)7-16(15)20-2/h3-8,10,19H,1-2H3/t10-/m0/s1. The molecule has 0 aliphatic heterocycles. The summed E-state index contributed by atoms with van der Waals surface area (Å²) in [6.45, 7) is 1.53. The summed E-state index contributed by atoms with van der Waals surface area (Å²) in [6, 6.07) is 10.6. The number of halogens is 1. The second kappa shape index (κ2) is 6.25. The zero-order valence-electron chi connectivity index (χ0n) is 11.6. The first-order valence-electron chi connectivity index (χ1n) is 6.28. The number of aliphatic hydroxyl groups excluding tert-OH is 1. The van der Waals surface area contributed by atoms with Crippen LogP contribution in [0.25, 0.3) is 0 Å². The van der Waals surface area contributed by atoms with Crippen molar-refractivity contribution >= 4 is 0 Å². The van der Waals surface area contributed by atoms with Gasteiger partial charge in [0.15, 0.2) is 11.5 Å². The van der Waals surface area contributed by atoms with Gasteiger partial charge in [-0.2, -0.15) is 5.26 Å². The van der Waals surface area contributed by atoms with Gasteiger partial charge in [-0.15, -0.1) is 0 Å². The summed E-state index contributed by atoms with van der Waals surface area (Å²) in [6.07, 6.45) is -0.875. The maximum Gasteiger partial charge on any atom is 0.169 e. The van der Waals surface area contributed by atoms with Gasteiger partial charge in [-0.05, 0) is 37.3 Å². The van der Waals surface area contributed by atoms with Crippen molar-refractivity contribution in [1.29, 1.82) is 5.26 Å². The van der Waals surface area contributed by atoms with E-state index in [2.05, 4.69) is 0 Å². The van der Waals surface area contributed by atoms with Crippen LogP contribution in [0.5, 0.6) is 17.2 Å². The topological polar surface area (TPSA) is 62.5 Å². The van der Waals surface area contributed by atoms with Crippen LogP contribution in [0, 0.1) is 17.1 Å². The molecule has 108 valence electrons. The van der Waals surface area contributed by atoms with Crippen LogP contribution in [0.15, 0.2) is 36.4 Å². The number of hydrogen-bond acceptors (Lipinski definition) is 4. The number of ether oxygens (including phenoxy) is 2. The van der Waals surface area contributed by atoms with E-state index in [0.29, 0.717) is 28.4 Å². The molecular formula is C16H14FNO3. The maximum absolute atomic E-state index is 13.3. The fourth-order valence-electron chi connectivity index (χ4n) is 1.88. The predicted molar refractivity (Wildman–Crippen MR) is 74.8 cm³/mol. The summed E-state index contributed by atoms with van der Waals surface area (Å²) in [5, 5.41) is 18.6. The molecule has 0 radical (unpaired) electrons. The van der Waals surface area contributed by atoms with Gasteiger partial charge in [0.05, 0.1) is 24.8 Å². The molecule has 21 heavy (non-hydrogen) atoms. The molecule has 0 unspecified atom stereocenters. The highest BCUT2D eigenvalue weighted by atomic mass is 19.1. The Balaban J connectivity index is 2.41. The summed E-state index contributed by atoms with van der Waals surface area (Å²) in [7, 11) is 1.46. The van der Waals surface area contributed by atoms with E-state index in [1.54, 1.807) is 18.2 Å². The highest BCUT2D eigenvalue weighted by Crippen LogP contribution is 2.35. The third kappa shape index (κ3) is 3.30. The highest BCUT2D eigenvalue weighted by molar-refractivity contribution is 5.49. The van der Waals surface area contributed by atoms with E-state index < -0.39 is 11.9 Å². The zero-order chi connectivity index (χ0) is 15.4. The molecule has 0 bridgehead atoms. The number of hydrogen-bond donors (Lipinski definition) is 1. The fraction of sp³-hybridized carbons (Fsp3) is 0.188. The van der Waals surface area contributed by atoms with Crippen LogP contribution in [0.2, 0.25) is 0 Å². The molecule has 4 nitrogen and oxygen atoms in total. The third-order valence-corrected chi connectivity index (χ3v) is 2.93. The van der Waals surface area contributed by atoms with E-state index in [9.17, 15) is 9.50 Å². The van der Waals surface area contributed by atoms with Gasteiger partial charge < -0.3 is 14.6 Å². The molecule has 0 aliphatic carbocycles. The monoisotopic (exact) mass is 287 g/mol. The molecule has 0 saturated heterocycles. The number of aliphatic hydroxyl groups is 1. The Morgan fingerprint density at radius 2 is 1.86 bits per heavy atom. The minimum atomic E-state index is -0.875. The summed E-state index contributed by atoms with van der Waals surface area (Å²) in [4.78, 5) is 0. The Hall–Kier alpha value is -2.58. The van der Waals surface area contributed by atoms with E-state index in [1.165, 1.54) is 32.2 Å². The number of nitriles is 1. The summed E-state index contributed by atoms with van der Waals surface area (Å²) in [5.41, 5.74) is 0.774. The molecule has 0 amide bonds. The molecule has 0 saturated carbocycles. The van der Waals surface area contributed by atoms with Crippen molar-refractivity contribution in [2.45, 2.75) is 13.0 Å². The lowest BCUT2D eigenvalue weighted by atomic mass is 10.1. The summed E-state index contributed by atoms with van der Waals surface area (Å²) >= 11 is 0. The number of rotatable bonds is 4. The van der Waals surface area contributed by atoms with Crippen molar-refractivity contribution in [2.75, 3.05) is 7.11 Å². The van der Waals surface area contributed by atoms with Gasteiger partial charge in [-0.25, -0.2) is 4.39 Å². The number of nitrogens with zero attached hydrogens (tertiary/aromatic N) is 1. The molecule has 0 aromatic heterocycles. The third-order valence-electron chi connectivity index (χ3n) is 2.93. The second-order valence-electron chi connectivity index (χ2n) is 4.44. The van der Waals surface area contributed by atoms with Crippen molar-refractivity contribution in [3.63, 3.8) is 0 Å². The minimum Gasteiger partial charge on any atom is -0.493 e. The first-order chi connectivity index (χ1) is 10.0. The summed E-state index contributed by atoms with van der Waals surface area (Å²) in [5.74, 6) is 0.638. The van der Waals surface area contributed by atoms with E-state index in [4.69, 9.17) is 14.7 Å². The Morgan fingerprint density at radius 1 is 1.14 bits per heavy atom. The lowest BCUT2D eigenvalue weighted by Crippen LogP contribution is -1.98. The fourth-order valence-corrected chi connectivity index (χ4v) is 1.88. The average molecular weight is 287 g/mol. The largest absolute Gasteiger partial charge is 0.493 e. The van der Waals surface area contributed by atoms with Gasteiger partial charge in [0, 0.05) is 11.6 Å². The first-order valence-corrected chi connectivity index (χ1v) is 6.28. The molecule has 0 aliphatic rings. The van der Waals surface area contributed by atoms with Crippen molar-refractivity contribution in [2.24, 2.45) is 0 Å². The lowest BCUT2D eigenvalue weighted by molar-refractivity contribution is 0.195. The van der Waals surface area contributed by atoms with Gasteiger partial charge in [-0.3, -0.25) is 0 Å². The van der Waals surface area contributed by atoms with E-state index in [-0.39, 0.29) is 0 Å². The first kappa shape index (κ1) is 14.8. The molecule has 1 atom stereocenters. The Morgan fingerprint density at radius 3 is 2.48 bits per heavy atom. The molecule has 5 heteroatoms. The molecule has 2 aromatic carbocycles. The number of methoxy groups -OCH3 is 1. The van der Waals surface area contributed by atoms with Crippen LogP contribution in [-0.2, 0) is 0 Å². The number of benzene rings is 2. The van der Waals surface area contributed by atoms with Gasteiger partial charge in [0.1, 0.15) is 11.6 Å². The minimum absolute atomic E-state index is 0.328. The van der Waals surface area contributed by atoms with Crippen LogP contribution < -0.4 is 9.47 Å². The van der Waals surface area contributed by atoms with Crippen molar-refractivity contribution in [1.82, 2.24) is 0 Å². The van der Waals surface area contributed by atoms with Crippen LogP contribution >= 0.6 is 0 Å². The van der Waals surface area contributed by atoms with Gasteiger partial charge in [0.2, 0.25) is 0 Å². The Labute approximate surface area is 122 Å². The molecule has 0 heterocycles. The molecule has 0 spiro atoms. The van der Waals surface area contributed by atoms with Gasteiger partial charge in [-0.1, -0.05) is 0 Å². The van der Waals surface area contributed by atoms with E-state index >= 15 is 0 Å². The quantitative estimate of drug-likeness (QED) is 0.934. The predicted octanol–water partition coefficient (Wildman–Crippen LogP) is 3.55. The van der Waals surface area contributed by atoms with Crippen molar-refractivity contribution < 1.29 is 19.0 Å². The second-order valence-corrected chi connectivity index (χ2v) is 4.44. The molecular weight excluding hydrogens is 273 g/mol. The van der Waals surface area contributed by atoms with Crippen LogP contribution in [0.1, 0.15) is 24.2 Å². The van der Waals surface area contributed by atoms with E-state index in [0.717, 1.165) is 0 Å². The van der Waals surface area contributed by atoms with E-state index in [1.807, 2.05) is 6.07 Å². The smallest absolute Gasteiger partial charge is 0.169 e. The highest BCUT2D eigenvalue weighted by Gasteiger charge is 2.14. The Bertz CT molecular complexity index is 692.